The molecule has 1 rings (SSSR count). The van der Waals surface area contributed by atoms with Crippen LogP contribution in [0.2, 0.25) is 0 Å². The number of methoxy groups -OCH3 is 1. The van der Waals surface area contributed by atoms with Crippen LogP contribution >= 0.6 is 0 Å². The third-order valence-electron chi connectivity index (χ3n) is 1.91. The molecule has 0 bridgehead atoms. The maximum atomic E-state index is 13.4. The number of halogens is 2. The third-order valence-corrected chi connectivity index (χ3v) is 1.91. The van der Waals surface area contributed by atoms with Gasteiger partial charge in [-0.25, -0.2) is 4.39 Å². The van der Waals surface area contributed by atoms with Gasteiger partial charge in [0.1, 0.15) is 0 Å². The number of hydrogen-bond acceptors (Lipinski definition) is 2. The molecule has 0 radical (unpaired) electrons. The second-order valence-electron chi connectivity index (χ2n) is 3.06. The molecule has 1 aromatic carbocycles. The van der Waals surface area contributed by atoms with E-state index in [4.69, 9.17) is 5.73 Å². The predicted octanol–water partition coefficient (Wildman–Crippen LogP) is 1.86. The Balaban J connectivity index is 2.94. The molecule has 0 unspecified atom stereocenters. The van der Waals surface area contributed by atoms with E-state index in [2.05, 4.69) is 4.74 Å². The molecule has 1 aromatic rings. The minimum atomic E-state index is -1.05. The number of benzene rings is 1. The van der Waals surface area contributed by atoms with Crippen LogP contribution in [-0.2, 0) is 4.79 Å². The number of primary amides is 1. The Kier molecular flexibility index (Phi) is 3.99. The summed E-state index contributed by atoms with van der Waals surface area (Å²) < 4.78 is 31.2. The van der Waals surface area contributed by atoms with E-state index in [0.717, 1.165) is 0 Å². The monoisotopic (exact) mass is 227 g/mol. The first-order valence-electron chi connectivity index (χ1n) is 4.53. The molecule has 0 saturated heterocycles. The number of amides is 1. The van der Waals surface area contributed by atoms with Gasteiger partial charge in [-0.15, -0.1) is 0 Å². The Bertz CT molecular complexity index is 430. The van der Waals surface area contributed by atoms with Crippen molar-refractivity contribution < 1.29 is 18.3 Å². The topological polar surface area (TPSA) is 52.3 Å². The number of rotatable bonds is 4. The van der Waals surface area contributed by atoms with E-state index in [-0.39, 0.29) is 17.7 Å². The maximum absolute atomic E-state index is 13.4. The van der Waals surface area contributed by atoms with Gasteiger partial charge in [-0.3, -0.25) is 4.79 Å². The van der Waals surface area contributed by atoms with Gasteiger partial charge in [0.15, 0.2) is 11.6 Å². The van der Waals surface area contributed by atoms with Crippen LogP contribution in [0.15, 0.2) is 18.2 Å². The molecular weight excluding hydrogens is 216 g/mol. The van der Waals surface area contributed by atoms with Gasteiger partial charge in [0.25, 0.3) is 0 Å². The zero-order valence-corrected chi connectivity index (χ0v) is 8.67. The van der Waals surface area contributed by atoms with Gasteiger partial charge in [-0.05, 0) is 12.1 Å². The molecule has 16 heavy (non-hydrogen) atoms. The first kappa shape index (κ1) is 12.2. The minimum absolute atomic E-state index is 0.0207. The molecule has 0 atom stereocenters. The van der Waals surface area contributed by atoms with Crippen LogP contribution in [0.5, 0.6) is 5.75 Å². The van der Waals surface area contributed by atoms with Gasteiger partial charge in [-0.1, -0.05) is 12.2 Å². The summed E-state index contributed by atoms with van der Waals surface area (Å²) in [5.74, 6) is -2.76. The molecule has 3 nitrogen and oxygen atoms in total. The molecule has 0 aliphatic heterocycles. The Morgan fingerprint density at radius 3 is 2.69 bits per heavy atom. The average molecular weight is 227 g/mol. The first-order valence-corrected chi connectivity index (χ1v) is 4.53. The van der Waals surface area contributed by atoms with Crippen LogP contribution in [0.4, 0.5) is 8.78 Å². The predicted molar refractivity (Wildman–Crippen MR) is 55.8 cm³/mol. The summed E-state index contributed by atoms with van der Waals surface area (Å²) in [6.45, 7) is 0. The summed E-state index contributed by atoms with van der Waals surface area (Å²) >= 11 is 0. The van der Waals surface area contributed by atoms with E-state index in [1.54, 1.807) is 0 Å². The lowest BCUT2D eigenvalue weighted by atomic mass is 10.1. The highest BCUT2D eigenvalue weighted by atomic mass is 19.2. The molecule has 0 aliphatic carbocycles. The smallest absolute Gasteiger partial charge is 0.221 e. The first-order chi connectivity index (χ1) is 7.56. The quantitative estimate of drug-likeness (QED) is 0.853. The van der Waals surface area contributed by atoms with Crippen LogP contribution in [0.3, 0.4) is 0 Å². The molecule has 0 heterocycles. The third kappa shape index (κ3) is 2.79. The van der Waals surface area contributed by atoms with E-state index < -0.39 is 17.5 Å². The molecule has 0 fully saturated rings. The number of nitrogens with two attached hydrogens (primary N) is 1. The lowest BCUT2D eigenvalue weighted by molar-refractivity contribution is -0.117. The minimum Gasteiger partial charge on any atom is -0.494 e. The summed E-state index contributed by atoms with van der Waals surface area (Å²) in [4.78, 5) is 10.4. The number of carbonyl (C=O) groups excluding carboxylic acids is 1. The second-order valence-corrected chi connectivity index (χ2v) is 3.06. The SMILES string of the molecule is COc1ccc(C=CCC(N)=O)c(F)c1F. The van der Waals surface area contributed by atoms with Crippen LogP contribution in [0, 0.1) is 11.6 Å². The van der Waals surface area contributed by atoms with Crippen LogP contribution in [-0.4, -0.2) is 13.0 Å². The zero-order valence-electron chi connectivity index (χ0n) is 8.67. The molecule has 86 valence electrons. The Labute approximate surface area is 91.5 Å². The van der Waals surface area contributed by atoms with E-state index >= 15 is 0 Å². The molecule has 0 saturated carbocycles. The van der Waals surface area contributed by atoms with Crippen molar-refractivity contribution in [1.29, 1.82) is 0 Å². The Morgan fingerprint density at radius 1 is 1.44 bits per heavy atom. The van der Waals surface area contributed by atoms with Crippen molar-refractivity contribution in [3.8, 4) is 5.75 Å². The van der Waals surface area contributed by atoms with Crippen molar-refractivity contribution in [2.45, 2.75) is 6.42 Å². The van der Waals surface area contributed by atoms with Crippen LogP contribution < -0.4 is 10.5 Å². The van der Waals surface area contributed by atoms with Gasteiger partial charge >= 0.3 is 0 Å². The molecular formula is C11H11F2NO2. The molecule has 0 spiro atoms. The highest BCUT2D eigenvalue weighted by Gasteiger charge is 2.11. The van der Waals surface area contributed by atoms with Gasteiger partial charge < -0.3 is 10.5 Å². The Hall–Kier alpha value is -1.91. The van der Waals surface area contributed by atoms with Gasteiger partial charge in [-0.2, -0.15) is 4.39 Å². The van der Waals surface area contributed by atoms with Crippen molar-refractivity contribution in [2.75, 3.05) is 7.11 Å². The standard InChI is InChI=1S/C11H11F2NO2/c1-16-8-6-5-7(10(12)11(8)13)3-2-4-9(14)15/h2-3,5-6H,4H2,1H3,(H2,14,15). The van der Waals surface area contributed by atoms with Crippen molar-refractivity contribution >= 4 is 12.0 Å². The van der Waals surface area contributed by atoms with Crippen molar-refractivity contribution in [1.82, 2.24) is 0 Å². The fourth-order valence-corrected chi connectivity index (χ4v) is 1.14. The average Bonchev–Trinajstić information content (AvgIpc) is 2.24. The largest absolute Gasteiger partial charge is 0.494 e. The van der Waals surface area contributed by atoms with Gasteiger partial charge in [0.2, 0.25) is 11.7 Å². The lowest BCUT2D eigenvalue weighted by Crippen LogP contribution is -2.07. The highest BCUT2D eigenvalue weighted by molar-refractivity contribution is 5.76. The number of hydrogen-bond donors (Lipinski definition) is 1. The molecule has 0 aliphatic rings. The molecule has 2 N–H and O–H groups in total. The van der Waals surface area contributed by atoms with Gasteiger partial charge in [0.05, 0.1) is 7.11 Å². The summed E-state index contributed by atoms with van der Waals surface area (Å²) in [6.07, 6.45) is 2.64. The van der Waals surface area contributed by atoms with Crippen molar-refractivity contribution in [3.05, 3.63) is 35.4 Å². The van der Waals surface area contributed by atoms with Crippen molar-refractivity contribution in [2.24, 2.45) is 5.73 Å². The normalized spacial score (nSPS) is 10.7. The fourth-order valence-electron chi connectivity index (χ4n) is 1.14. The summed E-state index contributed by atoms with van der Waals surface area (Å²) in [7, 11) is 1.25. The zero-order chi connectivity index (χ0) is 12.1. The lowest BCUT2D eigenvalue weighted by Gasteiger charge is -2.04. The van der Waals surface area contributed by atoms with Crippen LogP contribution in [0.1, 0.15) is 12.0 Å². The fraction of sp³-hybridized carbons (Fsp3) is 0.182. The maximum Gasteiger partial charge on any atom is 0.221 e. The van der Waals surface area contributed by atoms with Gasteiger partial charge in [0, 0.05) is 12.0 Å². The van der Waals surface area contributed by atoms with E-state index in [1.165, 1.54) is 31.4 Å². The van der Waals surface area contributed by atoms with E-state index in [9.17, 15) is 13.6 Å². The number of ether oxygens (including phenoxy) is 1. The Morgan fingerprint density at radius 2 is 2.12 bits per heavy atom. The highest BCUT2D eigenvalue weighted by Crippen LogP contribution is 2.23. The second kappa shape index (κ2) is 5.25. The molecule has 1 amide bonds. The summed E-state index contributed by atoms with van der Waals surface area (Å²) in [5, 5.41) is 0. The van der Waals surface area contributed by atoms with E-state index in [1.807, 2.05) is 0 Å². The van der Waals surface area contributed by atoms with E-state index in [0.29, 0.717) is 0 Å². The van der Waals surface area contributed by atoms with Crippen LogP contribution in [0.25, 0.3) is 6.08 Å². The van der Waals surface area contributed by atoms with Crippen molar-refractivity contribution in [3.63, 3.8) is 0 Å². The molecule has 0 aromatic heterocycles. The molecule has 5 heteroatoms. The number of carbonyl (C=O) groups is 1. The summed E-state index contributed by atoms with van der Waals surface area (Å²) in [5.41, 5.74) is 4.93. The summed E-state index contributed by atoms with van der Waals surface area (Å²) in [6, 6.07) is 2.66.